The first-order valence-electron chi connectivity index (χ1n) is 5.44. The van der Waals surface area contributed by atoms with Crippen molar-refractivity contribution in [1.29, 1.82) is 0 Å². The normalized spacial score (nSPS) is 10.3. The number of hydrogen-bond acceptors (Lipinski definition) is 3. The van der Waals surface area contributed by atoms with Crippen LogP contribution in [0.25, 0.3) is 0 Å². The first-order chi connectivity index (χ1) is 7.88. The molecule has 1 heterocycles. The fourth-order valence-corrected chi connectivity index (χ4v) is 1.46. The van der Waals surface area contributed by atoms with Crippen molar-refractivity contribution in [1.82, 2.24) is 15.0 Å². The molecular formula is C12H15N3O. The van der Waals surface area contributed by atoms with Crippen molar-refractivity contribution in [3.05, 3.63) is 42.2 Å². The summed E-state index contributed by atoms with van der Waals surface area (Å²) in [5.41, 5.74) is 1.29. The highest BCUT2D eigenvalue weighted by Crippen LogP contribution is 2.13. The van der Waals surface area contributed by atoms with Gasteiger partial charge in [-0.2, -0.15) is 0 Å². The smallest absolute Gasteiger partial charge is 0.119 e. The van der Waals surface area contributed by atoms with Gasteiger partial charge in [0.1, 0.15) is 12.4 Å². The third kappa shape index (κ3) is 2.82. The lowest BCUT2D eigenvalue weighted by Crippen LogP contribution is -2.08. The molecule has 0 aliphatic heterocycles. The van der Waals surface area contributed by atoms with E-state index in [0.29, 0.717) is 6.61 Å². The van der Waals surface area contributed by atoms with Crippen LogP contribution < -0.4 is 4.74 Å². The van der Waals surface area contributed by atoms with Gasteiger partial charge in [-0.05, 0) is 24.1 Å². The molecule has 4 nitrogen and oxygen atoms in total. The van der Waals surface area contributed by atoms with Crippen LogP contribution in [-0.2, 0) is 13.0 Å². The van der Waals surface area contributed by atoms with Gasteiger partial charge >= 0.3 is 0 Å². The molecule has 0 N–H and O–H groups in total. The molecule has 1 aromatic carbocycles. The summed E-state index contributed by atoms with van der Waals surface area (Å²) in [5.74, 6) is 0.916. The Bertz CT molecular complexity index is 426. The summed E-state index contributed by atoms with van der Waals surface area (Å²) in [6.07, 6.45) is 4.52. The topological polar surface area (TPSA) is 39.9 Å². The van der Waals surface area contributed by atoms with Crippen LogP contribution in [0.5, 0.6) is 5.75 Å². The van der Waals surface area contributed by atoms with E-state index in [1.165, 1.54) is 5.56 Å². The van der Waals surface area contributed by atoms with Crippen LogP contribution in [0, 0.1) is 0 Å². The monoisotopic (exact) mass is 217 g/mol. The lowest BCUT2D eigenvalue weighted by molar-refractivity contribution is 0.289. The van der Waals surface area contributed by atoms with Gasteiger partial charge in [-0.1, -0.05) is 24.3 Å². The quantitative estimate of drug-likeness (QED) is 0.768. The number of benzene rings is 1. The molecule has 0 bridgehead atoms. The van der Waals surface area contributed by atoms with E-state index in [4.69, 9.17) is 4.74 Å². The first-order valence-corrected chi connectivity index (χ1v) is 5.44. The molecule has 0 saturated carbocycles. The standard InChI is InChI=1S/C12H15N3O/c1-2-11-4-3-5-12(10-11)16-9-8-15-7-6-13-14-15/h3-7,10H,2,8-9H2,1H3. The van der Waals surface area contributed by atoms with Gasteiger partial charge in [0.2, 0.25) is 0 Å². The zero-order valence-electron chi connectivity index (χ0n) is 9.34. The highest BCUT2D eigenvalue weighted by atomic mass is 16.5. The predicted molar refractivity (Wildman–Crippen MR) is 61.3 cm³/mol. The molecule has 0 unspecified atom stereocenters. The number of aryl methyl sites for hydroxylation is 1. The van der Waals surface area contributed by atoms with Gasteiger partial charge in [-0.15, -0.1) is 5.10 Å². The third-order valence-electron chi connectivity index (χ3n) is 2.37. The van der Waals surface area contributed by atoms with Crippen LogP contribution in [0.2, 0.25) is 0 Å². The maximum Gasteiger partial charge on any atom is 0.119 e. The molecule has 0 atom stereocenters. The van der Waals surface area contributed by atoms with Gasteiger partial charge in [-0.25, -0.2) is 4.68 Å². The van der Waals surface area contributed by atoms with E-state index >= 15 is 0 Å². The molecular weight excluding hydrogens is 202 g/mol. The molecule has 2 aromatic rings. The van der Waals surface area contributed by atoms with Gasteiger partial charge in [0.05, 0.1) is 12.7 Å². The Labute approximate surface area is 94.9 Å². The fraction of sp³-hybridized carbons (Fsp3) is 0.333. The van der Waals surface area contributed by atoms with Crippen LogP contribution in [0.3, 0.4) is 0 Å². The zero-order valence-corrected chi connectivity index (χ0v) is 9.34. The van der Waals surface area contributed by atoms with E-state index in [0.717, 1.165) is 18.7 Å². The van der Waals surface area contributed by atoms with Crippen molar-refractivity contribution in [2.24, 2.45) is 0 Å². The number of rotatable bonds is 5. The van der Waals surface area contributed by atoms with Crippen molar-refractivity contribution in [3.8, 4) is 5.75 Å². The van der Waals surface area contributed by atoms with E-state index in [1.807, 2.05) is 18.3 Å². The molecule has 2 rings (SSSR count). The predicted octanol–water partition coefficient (Wildman–Crippen LogP) is 1.92. The summed E-state index contributed by atoms with van der Waals surface area (Å²) >= 11 is 0. The Morgan fingerprint density at radius 1 is 1.38 bits per heavy atom. The SMILES string of the molecule is CCc1cccc(OCCn2ccnn2)c1. The average molecular weight is 217 g/mol. The van der Waals surface area contributed by atoms with Crippen LogP contribution >= 0.6 is 0 Å². The van der Waals surface area contributed by atoms with Crippen molar-refractivity contribution >= 4 is 0 Å². The maximum atomic E-state index is 5.63. The highest BCUT2D eigenvalue weighted by Gasteiger charge is 1.96. The summed E-state index contributed by atoms with van der Waals surface area (Å²) in [7, 11) is 0. The van der Waals surface area contributed by atoms with Crippen LogP contribution in [0.15, 0.2) is 36.7 Å². The summed E-state index contributed by atoms with van der Waals surface area (Å²) in [4.78, 5) is 0. The third-order valence-corrected chi connectivity index (χ3v) is 2.37. The summed E-state index contributed by atoms with van der Waals surface area (Å²) < 4.78 is 7.39. The Morgan fingerprint density at radius 3 is 3.06 bits per heavy atom. The van der Waals surface area contributed by atoms with E-state index in [-0.39, 0.29) is 0 Å². The molecule has 0 fully saturated rings. The van der Waals surface area contributed by atoms with Crippen molar-refractivity contribution in [2.45, 2.75) is 19.9 Å². The van der Waals surface area contributed by atoms with Gasteiger partial charge in [-0.3, -0.25) is 0 Å². The van der Waals surface area contributed by atoms with E-state index < -0.39 is 0 Å². The molecule has 84 valence electrons. The van der Waals surface area contributed by atoms with Gasteiger partial charge in [0, 0.05) is 6.20 Å². The summed E-state index contributed by atoms with van der Waals surface area (Å²) in [6.45, 7) is 3.46. The lowest BCUT2D eigenvalue weighted by atomic mass is 10.2. The Hall–Kier alpha value is -1.84. The second-order valence-corrected chi connectivity index (χ2v) is 3.52. The van der Waals surface area contributed by atoms with Crippen LogP contribution in [-0.4, -0.2) is 21.6 Å². The van der Waals surface area contributed by atoms with E-state index in [2.05, 4.69) is 29.4 Å². The zero-order chi connectivity index (χ0) is 11.2. The number of hydrogen-bond donors (Lipinski definition) is 0. The Morgan fingerprint density at radius 2 is 2.31 bits per heavy atom. The molecule has 4 heteroatoms. The molecule has 0 radical (unpaired) electrons. The van der Waals surface area contributed by atoms with Gasteiger partial charge in [0.25, 0.3) is 0 Å². The molecule has 0 aliphatic carbocycles. The Balaban J connectivity index is 1.85. The second kappa shape index (κ2) is 5.30. The molecule has 0 amide bonds. The maximum absolute atomic E-state index is 5.63. The van der Waals surface area contributed by atoms with Gasteiger partial charge in [0.15, 0.2) is 0 Å². The number of nitrogens with zero attached hydrogens (tertiary/aromatic N) is 3. The van der Waals surface area contributed by atoms with Crippen LogP contribution in [0.1, 0.15) is 12.5 Å². The van der Waals surface area contributed by atoms with Gasteiger partial charge < -0.3 is 4.74 Å². The largest absolute Gasteiger partial charge is 0.492 e. The molecule has 0 saturated heterocycles. The minimum absolute atomic E-state index is 0.608. The molecule has 0 spiro atoms. The average Bonchev–Trinajstić information content (AvgIpc) is 2.82. The van der Waals surface area contributed by atoms with Crippen LogP contribution in [0.4, 0.5) is 0 Å². The first kappa shape index (κ1) is 10.7. The molecule has 0 aliphatic rings. The second-order valence-electron chi connectivity index (χ2n) is 3.52. The molecule has 1 aromatic heterocycles. The Kier molecular flexibility index (Phi) is 3.53. The number of aromatic nitrogens is 3. The lowest BCUT2D eigenvalue weighted by Gasteiger charge is -2.07. The van der Waals surface area contributed by atoms with Crippen molar-refractivity contribution < 1.29 is 4.74 Å². The van der Waals surface area contributed by atoms with Crippen molar-refractivity contribution in [3.63, 3.8) is 0 Å². The summed E-state index contributed by atoms with van der Waals surface area (Å²) in [5, 5.41) is 7.60. The van der Waals surface area contributed by atoms with E-state index in [9.17, 15) is 0 Å². The minimum atomic E-state index is 0.608. The summed E-state index contributed by atoms with van der Waals surface area (Å²) in [6, 6.07) is 8.16. The minimum Gasteiger partial charge on any atom is -0.492 e. The molecule has 16 heavy (non-hydrogen) atoms. The highest BCUT2D eigenvalue weighted by molar-refractivity contribution is 5.28. The fourth-order valence-electron chi connectivity index (χ4n) is 1.46. The van der Waals surface area contributed by atoms with Crippen molar-refractivity contribution in [2.75, 3.05) is 6.61 Å². The van der Waals surface area contributed by atoms with E-state index in [1.54, 1.807) is 10.9 Å². The number of ether oxygens (including phenoxy) is 1.